The van der Waals surface area contributed by atoms with E-state index in [1.807, 2.05) is 31.2 Å². The van der Waals surface area contributed by atoms with Crippen molar-refractivity contribution in [3.63, 3.8) is 0 Å². The highest BCUT2D eigenvalue weighted by molar-refractivity contribution is 7.13. The van der Waals surface area contributed by atoms with Crippen LogP contribution in [0, 0.1) is 12.8 Å². The molecule has 2 N–H and O–H groups in total. The van der Waals surface area contributed by atoms with Crippen molar-refractivity contribution >= 4 is 17.2 Å². The molecular weight excluding hydrogens is 324 g/mol. The summed E-state index contributed by atoms with van der Waals surface area (Å²) in [5, 5.41) is 15.1. The Morgan fingerprint density at radius 1 is 1.42 bits per heavy atom. The van der Waals surface area contributed by atoms with Crippen molar-refractivity contribution in [2.45, 2.75) is 25.9 Å². The predicted octanol–water partition coefficient (Wildman–Crippen LogP) is 2.64. The van der Waals surface area contributed by atoms with Gasteiger partial charge in [0.05, 0.1) is 12.7 Å². The van der Waals surface area contributed by atoms with Crippen molar-refractivity contribution in [1.29, 1.82) is 0 Å². The van der Waals surface area contributed by atoms with Gasteiger partial charge in [0.1, 0.15) is 10.7 Å². The summed E-state index contributed by atoms with van der Waals surface area (Å²) in [5.41, 5.74) is 2.56. The van der Waals surface area contributed by atoms with Crippen LogP contribution in [-0.2, 0) is 4.74 Å². The molecule has 2 aromatic rings. The van der Waals surface area contributed by atoms with Gasteiger partial charge in [0.2, 0.25) is 0 Å². The number of ether oxygens (including phenoxy) is 1. The fourth-order valence-corrected chi connectivity index (χ4v) is 3.03. The molecule has 1 unspecified atom stereocenters. The summed E-state index contributed by atoms with van der Waals surface area (Å²) >= 11 is 1.44. The lowest BCUT2D eigenvalue weighted by Crippen LogP contribution is -2.34. The molecular formula is C18H22N2O3S. The number of rotatable bonds is 8. The van der Waals surface area contributed by atoms with Crippen molar-refractivity contribution in [2.24, 2.45) is 5.92 Å². The SMILES string of the molecule is Cc1ccc(-c2nc(C(=O)NCC(O)COCC3CC3)cs2)cc1. The molecule has 1 saturated carbocycles. The third kappa shape index (κ3) is 4.87. The van der Waals surface area contributed by atoms with Crippen molar-refractivity contribution in [3.8, 4) is 10.6 Å². The minimum atomic E-state index is -0.692. The molecule has 3 rings (SSSR count). The van der Waals surface area contributed by atoms with Crippen LogP contribution in [0.4, 0.5) is 0 Å². The van der Waals surface area contributed by atoms with Crippen LogP contribution in [0.3, 0.4) is 0 Å². The zero-order chi connectivity index (χ0) is 16.9. The first-order valence-electron chi connectivity index (χ1n) is 8.18. The predicted molar refractivity (Wildman–Crippen MR) is 94.2 cm³/mol. The minimum absolute atomic E-state index is 0.168. The number of benzene rings is 1. The Kier molecular flexibility index (Phi) is 5.60. The van der Waals surface area contributed by atoms with Crippen LogP contribution in [0.15, 0.2) is 29.6 Å². The van der Waals surface area contributed by atoms with E-state index in [1.54, 1.807) is 5.38 Å². The van der Waals surface area contributed by atoms with Gasteiger partial charge in [0.25, 0.3) is 5.91 Å². The van der Waals surface area contributed by atoms with E-state index in [1.165, 1.54) is 29.7 Å². The van der Waals surface area contributed by atoms with Gasteiger partial charge < -0.3 is 15.2 Å². The third-order valence-corrected chi connectivity index (χ3v) is 4.79. The highest BCUT2D eigenvalue weighted by Crippen LogP contribution is 2.28. The number of amides is 1. The van der Waals surface area contributed by atoms with Crippen LogP contribution >= 0.6 is 11.3 Å². The molecule has 1 atom stereocenters. The van der Waals surface area contributed by atoms with Crippen LogP contribution < -0.4 is 5.32 Å². The van der Waals surface area contributed by atoms with E-state index in [9.17, 15) is 9.90 Å². The van der Waals surface area contributed by atoms with Gasteiger partial charge in [-0.05, 0) is 25.7 Å². The number of aryl methyl sites for hydroxylation is 1. The van der Waals surface area contributed by atoms with Crippen molar-refractivity contribution in [2.75, 3.05) is 19.8 Å². The molecule has 24 heavy (non-hydrogen) atoms. The summed E-state index contributed by atoms with van der Waals surface area (Å²) in [6, 6.07) is 8.04. The monoisotopic (exact) mass is 346 g/mol. The molecule has 5 nitrogen and oxygen atoms in total. The van der Waals surface area contributed by atoms with E-state index in [2.05, 4.69) is 10.3 Å². The van der Waals surface area contributed by atoms with Gasteiger partial charge in [0.15, 0.2) is 0 Å². The summed E-state index contributed by atoms with van der Waals surface area (Å²) in [6.07, 6.45) is 1.75. The molecule has 0 spiro atoms. The molecule has 0 aliphatic heterocycles. The summed E-state index contributed by atoms with van der Waals surface area (Å²) in [5.74, 6) is 0.396. The Morgan fingerprint density at radius 2 is 2.17 bits per heavy atom. The van der Waals surface area contributed by atoms with Gasteiger partial charge in [-0.1, -0.05) is 29.8 Å². The summed E-state index contributed by atoms with van der Waals surface area (Å²) < 4.78 is 5.41. The molecule has 1 aliphatic rings. The minimum Gasteiger partial charge on any atom is -0.389 e. The summed E-state index contributed by atoms with van der Waals surface area (Å²) in [4.78, 5) is 16.5. The molecule has 128 valence electrons. The summed E-state index contributed by atoms with van der Waals surface area (Å²) in [6.45, 7) is 3.16. The molecule has 0 bridgehead atoms. The van der Waals surface area contributed by atoms with Crippen molar-refractivity contribution < 1.29 is 14.6 Å². The van der Waals surface area contributed by atoms with E-state index in [-0.39, 0.29) is 19.1 Å². The van der Waals surface area contributed by atoms with Crippen LogP contribution in [0.25, 0.3) is 10.6 Å². The standard InChI is InChI=1S/C18H22N2O3S/c1-12-2-6-14(7-3-12)18-20-16(11-24-18)17(22)19-8-15(21)10-23-9-13-4-5-13/h2-3,6-7,11,13,15,21H,4-5,8-10H2,1H3,(H,19,22). The highest BCUT2D eigenvalue weighted by Gasteiger charge is 2.21. The molecule has 1 amide bonds. The average Bonchev–Trinajstić information content (AvgIpc) is 3.27. The van der Waals surface area contributed by atoms with Crippen molar-refractivity contribution in [3.05, 3.63) is 40.9 Å². The van der Waals surface area contributed by atoms with Crippen LogP contribution in [-0.4, -0.2) is 41.9 Å². The van der Waals surface area contributed by atoms with E-state index in [0.717, 1.165) is 10.6 Å². The van der Waals surface area contributed by atoms with E-state index >= 15 is 0 Å². The lowest BCUT2D eigenvalue weighted by atomic mass is 10.2. The Morgan fingerprint density at radius 3 is 2.88 bits per heavy atom. The fraction of sp³-hybridized carbons (Fsp3) is 0.444. The molecule has 1 heterocycles. The average molecular weight is 346 g/mol. The van der Waals surface area contributed by atoms with Crippen molar-refractivity contribution in [1.82, 2.24) is 10.3 Å². The Labute approximate surface area is 145 Å². The largest absolute Gasteiger partial charge is 0.389 e. The van der Waals surface area contributed by atoms with Crippen LogP contribution in [0.5, 0.6) is 0 Å². The maximum Gasteiger partial charge on any atom is 0.270 e. The number of aromatic nitrogens is 1. The van der Waals surface area contributed by atoms with Gasteiger partial charge in [-0.25, -0.2) is 4.98 Å². The number of aliphatic hydroxyl groups excluding tert-OH is 1. The zero-order valence-electron chi connectivity index (χ0n) is 13.7. The smallest absolute Gasteiger partial charge is 0.270 e. The molecule has 1 aromatic carbocycles. The maximum atomic E-state index is 12.1. The molecule has 1 aliphatic carbocycles. The molecule has 6 heteroatoms. The van der Waals surface area contributed by atoms with Gasteiger partial charge in [0, 0.05) is 24.1 Å². The highest BCUT2D eigenvalue weighted by atomic mass is 32.1. The quantitative estimate of drug-likeness (QED) is 0.771. The van der Waals surface area contributed by atoms with Gasteiger partial charge in [-0.2, -0.15) is 0 Å². The second-order valence-electron chi connectivity index (χ2n) is 6.25. The van der Waals surface area contributed by atoms with Gasteiger partial charge >= 0.3 is 0 Å². The molecule has 0 saturated heterocycles. The first kappa shape index (κ1) is 17.1. The fourth-order valence-electron chi connectivity index (χ4n) is 2.22. The number of thiazole rings is 1. The van der Waals surface area contributed by atoms with E-state index < -0.39 is 6.10 Å². The number of nitrogens with one attached hydrogen (secondary N) is 1. The zero-order valence-corrected chi connectivity index (χ0v) is 14.5. The van der Waals surface area contributed by atoms with E-state index in [0.29, 0.717) is 18.2 Å². The number of hydrogen-bond donors (Lipinski definition) is 2. The first-order chi connectivity index (χ1) is 11.6. The second kappa shape index (κ2) is 7.88. The first-order valence-corrected chi connectivity index (χ1v) is 9.06. The van der Waals surface area contributed by atoms with Crippen LogP contribution in [0.1, 0.15) is 28.9 Å². The molecule has 1 aromatic heterocycles. The van der Waals surface area contributed by atoms with Crippen LogP contribution in [0.2, 0.25) is 0 Å². The molecule has 1 fully saturated rings. The molecule has 0 radical (unpaired) electrons. The Hall–Kier alpha value is -1.76. The number of aliphatic hydroxyl groups is 1. The number of carbonyl (C=O) groups excluding carboxylic acids is 1. The number of hydrogen-bond acceptors (Lipinski definition) is 5. The number of nitrogens with zero attached hydrogens (tertiary/aromatic N) is 1. The second-order valence-corrected chi connectivity index (χ2v) is 7.11. The summed E-state index contributed by atoms with van der Waals surface area (Å²) in [7, 11) is 0. The maximum absolute atomic E-state index is 12.1. The topological polar surface area (TPSA) is 71.5 Å². The van der Waals surface area contributed by atoms with Gasteiger partial charge in [-0.15, -0.1) is 11.3 Å². The third-order valence-electron chi connectivity index (χ3n) is 3.89. The van der Waals surface area contributed by atoms with Gasteiger partial charge in [-0.3, -0.25) is 4.79 Å². The Balaban J connectivity index is 1.47. The Bertz CT molecular complexity index is 680. The lowest BCUT2D eigenvalue weighted by Gasteiger charge is -2.11. The van der Waals surface area contributed by atoms with E-state index in [4.69, 9.17) is 4.74 Å². The lowest BCUT2D eigenvalue weighted by molar-refractivity contribution is 0.0320. The normalized spacial score (nSPS) is 15.2. The number of carbonyl (C=O) groups is 1.